The van der Waals surface area contributed by atoms with Gasteiger partial charge < -0.3 is 5.32 Å². The summed E-state index contributed by atoms with van der Waals surface area (Å²) < 4.78 is 27.1. The number of piperidine rings is 1. The standard InChI is InChI=1S/C16H25N3O3S/c1-4-13-8-5-6-10-15(13)17-16(20)14-9-7-11-19(12-14)23(21,22)18(2)3/h5-6,8,10,14H,4,7,9,11-12H2,1-3H3,(H,17,20)/t14-/m0/s1. The van der Waals surface area contributed by atoms with Crippen LogP contribution in [0.3, 0.4) is 0 Å². The zero-order valence-electron chi connectivity index (χ0n) is 13.9. The number of nitrogens with one attached hydrogen (secondary N) is 1. The van der Waals surface area contributed by atoms with Crippen molar-refractivity contribution in [2.75, 3.05) is 32.5 Å². The Hall–Kier alpha value is -1.44. The van der Waals surface area contributed by atoms with E-state index in [0.29, 0.717) is 19.4 Å². The molecule has 2 rings (SSSR count). The highest BCUT2D eigenvalue weighted by Crippen LogP contribution is 2.23. The summed E-state index contributed by atoms with van der Waals surface area (Å²) in [7, 11) is -0.445. The van der Waals surface area contributed by atoms with Crippen molar-refractivity contribution < 1.29 is 13.2 Å². The second-order valence-electron chi connectivity index (χ2n) is 5.99. The van der Waals surface area contributed by atoms with Crippen LogP contribution in [-0.2, 0) is 21.4 Å². The monoisotopic (exact) mass is 339 g/mol. The zero-order chi connectivity index (χ0) is 17.0. The predicted octanol–water partition coefficient (Wildman–Crippen LogP) is 1.71. The number of para-hydroxylation sites is 1. The number of rotatable bonds is 5. The van der Waals surface area contributed by atoms with Crippen LogP contribution in [-0.4, -0.2) is 50.1 Å². The first-order valence-corrected chi connectivity index (χ1v) is 9.32. The molecule has 0 aromatic heterocycles. The average Bonchev–Trinajstić information content (AvgIpc) is 2.55. The first-order valence-electron chi connectivity index (χ1n) is 7.92. The van der Waals surface area contributed by atoms with Crippen LogP contribution in [0.4, 0.5) is 5.69 Å². The molecule has 7 heteroatoms. The number of nitrogens with zero attached hydrogens (tertiary/aromatic N) is 2. The van der Waals surface area contributed by atoms with E-state index in [2.05, 4.69) is 5.32 Å². The molecule has 1 aromatic rings. The molecule has 1 amide bonds. The van der Waals surface area contributed by atoms with Crippen molar-refractivity contribution in [2.45, 2.75) is 26.2 Å². The van der Waals surface area contributed by atoms with E-state index in [1.165, 1.54) is 22.7 Å². The van der Waals surface area contributed by atoms with Gasteiger partial charge in [0.25, 0.3) is 10.2 Å². The lowest BCUT2D eigenvalue weighted by molar-refractivity contribution is -0.120. The third-order valence-corrected chi connectivity index (χ3v) is 6.11. The molecule has 1 aromatic carbocycles. The third-order valence-electron chi connectivity index (χ3n) is 4.20. The molecule has 1 fully saturated rings. The van der Waals surface area contributed by atoms with Crippen LogP contribution in [0.25, 0.3) is 0 Å². The van der Waals surface area contributed by atoms with Gasteiger partial charge in [-0.2, -0.15) is 17.0 Å². The van der Waals surface area contributed by atoms with Crippen LogP contribution in [0.1, 0.15) is 25.3 Å². The van der Waals surface area contributed by atoms with Gasteiger partial charge in [0, 0.05) is 32.9 Å². The third kappa shape index (κ3) is 4.10. The minimum atomic E-state index is -3.47. The molecule has 1 aliphatic heterocycles. The second-order valence-corrected chi connectivity index (χ2v) is 8.13. The normalized spacial score (nSPS) is 19.7. The molecule has 1 saturated heterocycles. The summed E-state index contributed by atoms with van der Waals surface area (Å²) in [4.78, 5) is 12.5. The van der Waals surface area contributed by atoms with E-state index < -0.39 is 10.2 Å². The summed E-state index contributed by atoms with van der Waals surface area (Å²) in [6.07, 6.45) is 2.24. The number of carbonyl (C=O) groups is 1. The maximum absolute atomic E-state index is 12.5. The molecule has 0 bridgehead atoms. The lowest BCUT2D eigenvalue weighted by Gasteiger charge is -2.32. The molecule has 1 heterocycles. The van der Waals surface area contributed by atoms with Crippen molar-refractivity contribution in [1.29, 1.82) is 0 Å². The maximum atomic E-state index is 12.5. The summed E-state index contributed by atoms with van der Waals surface area (Å²) in [5, 5.41) is 2.96. The minimum absolute atomic E-state index is 0.107. The molecule has 128 valence electrons. The Balaban J connectivity index is 2.08. The SMILES string of the molecule is CCc1ccccc1NC(=O)[C@H]1CCCN(S(=O)(=O)N(C)C)C1. The number of benzene rings is 1. The van der Waals surface area contributed by atoms with E-state index in [0.717, 1.165) is 17.7 Å². The van der Waals surface area contributed by atoms with Crippen molar-refractivity contribution in [3.05, 3.63) is 29.8 Å². The van der Waals surface area contributed by atoms with Gasteiger partial charge in [0.2, 0.25) is 5.91 Å². The van der Waals surface area contributed by atoms with E-state index in [9.17, 15) is 13.2 Å². The van der Waals surface area contributed by atoms with E-state index >= 15 is 0 Å². The zero-order valence-corrected chi connectivity index (χ0v) is 14.8. The Labute approximate surface area is 138 Å². The highest BCUT2D eigenvalue weighted by molar-refractivity contribution is 7.86. The highest BCUT2D eigenvalue weighted by atomic mass is 32.2. The topological polar surface area (TPSA) is 69.7 Å². The fourth-order valence-corrected chi connectivity index (χ4v) is 3.97. The minimum Gasteiger partial charge on any atom is -0.326 e. The predicted molar refractivity (Wildman–Crippen MR) is 91.4 cm³/mol. The number of hydrogen-bond donors (Lipinski definition) is 1. The molecular weight excluding hydrogens is 314 g/mol. The molecule has 0 radical (unpaired) electrons. The van der Waals surface area contributed by atoms with Crippen molar-refractivity contribution in [3.8, 4) is 0 Å². The van der Waals surface area contributed by atoms with Crippen LogP contribution in [0, 0.1) is 5.92 Å². The van der Waals surface area contributed by atoms with Gasteiger partial charge in [-0.15, -0.1) is 0 Å². The van der Waals surface area contributed by atoms with Gasteiger partial charge in [0.15, 0.2) is 0 Å². The van der Waals surface area contributed by atoms with Crippen LogP contribution in [0.2, 0.25) is 0 Å². The van der Waals surface area contributed by atoms with E-state index in [1.807, 2.05) is 31.2 Å². The molecule has 0 unspecified atom stereocenters. The largest absolute Gasteiger partial charge is 0.326 e. The van der Waals surface area contributed by atoms with E-state index in [4.69, 9.17) is 0 Å². The van der Waals surface area contributed by atoms with Crippen molar-refractivity contribution in [1.82, 2.24) is 8.61 Å². The first kappa shape index (κ1) is 17.9. The Morgan fingerprint density at radius 2 is 2.04 bits per heavy atom. The van der Waals surface area contributed by atoms with Gasteiger partial charge in [-0.25, -0.2) is 0 Å². The summed E-state index contributed by atoms with van der Waals surface area (Å²) in [5.74, 6) is -0.423. The van der Waals surface area contributed by atoms with Gasteiger partial charge in [-0.3, -0.25) is 4.79 Å². The fourth-order valence-electron chi connectivity index (χ4n) is 2.78. The van der Waals surface area contributed by atoms with E-state index in [1.54, 1.807) is 0 Å². The van der Waals surface area contributed by atoms with Gasteiger partial charge in [-0.1, -0.05) is 25.1 Å². The number of carbonyl (C=O) groups excluding carboxylic acids is 1. The average molecular weight is 339 g/mol. The van der Waals surface area contributed by atoms with Gasteiger partial charge in [-0.05, 0) is 30.9 Å². The molecule has 23 heavy (non-hydrogen) atoms. The molecule has 0 aliphatic carbocycles. The van der Waals surface area contributed by atoms with Crippen molar-refractivity contribution in [3.63, 3.8) is 0 Å². The molecular formula is C16H25N3O3S. The number of anilines is 1. The number of hydrogen-bond acceptors (Lipinski definition) is 3. The highest BCUT2D eigenvalue weighted by Gasteiger charge is 2.33. The van der Waals surface area contributed by atoms with Crippen molar-refractivity contribution >= 4 is 21.8 Å². The van der Waals surface area contributed by atoms with Crippen LogP contribution in [0.15, 0.2) is 24.3 Å². The molecule has 1 N–H and O–H groups in total. The molecule has 0 saturated carbocycles. The lowest BCUT2D eigenvalue weighted by atomic mass is 9.98. The molecule has 6 nitrogen and oxygen atoms in total. The second kappa shape index (κ2) is 7.42. The Bertz CT molecular complexity index is 658. The summed E-state index contributed by atoms with van der Waals surface area (Å²) in [6, 6.07) is 7.70. The molecule has 1 aliphatic rings. The van der Waals surface area contributed by atoms with Gasteiger partial charge in [0.05, 0.1) is 5.92 Å². The Kier molecular flexibility index (Phi) is 5.78. The Morgan fingerprint density at radius 1 is 1.35 bits per heavy atom. The quantitative estimate of drug-likeness (QED) is 0.888. The van der Waals surface area contributed by atoms with Crippen LogP contribution >= 0.6 is 0 Å². The summed E-state index contributed by atoms with van der Waals surface area (Å²) in [6.45, 7) is 2.74. The number of aryl methyl sites for hydroxylation is 1. The molecule has 1 atom stereocenters. The van der Waals surface area contributed by atoms with Gasteiger partial charge >= 0.3 is 0 Å². The lowest BCUT2D eigenvalue weighted by Crippen LogP contribution is -2.47. The van der Waals surface area contributed by atoms with Gasteiger partial charge in [0.1, 0.15) is 0 Å². The van der Waals surface area contributed by atoms with E-state index in [-0.39, 0.29) is 18.4 Å². The molecule has 0 spiro atoms. The number of amides is 1. The summed E-state index contributed by atoms with van der Waals surface area (Å²) >= 11 is 0. The smallest absolute Gasteiger partial charge is 0.281 e. The van der Waals surface area contributed by atoms with Crippen LogP contribution in [0.5, 0.6) is 0 Å². The van der Waals surface area contributed by atoms with Crippen molar-refractivity contribution in [2.24, 2.45) is 5.92 Å². The maximum Gasteiger partial charge on any atom is 0.281 e. The Morgan fingerprint density at radius 3 is 2.70 bits per heavy atom. The fraction of sp³-hybridized carbons (Fsp3) is 0.562. The first-order chi connectivity index (χ1) is 10.9. The summed E-state index contributed by atoms with van der Waals surface area (Å²) in [5.41, 5.74) is 1.89. The van der Waals surface area contributed by atoms with Crippen LogP contribution < -0.4 is 5.32 Å².